The van der Waals surface area contributed by atoms with Crippen LogP contribution in [0, 0.1) is 16.7 Å². The smallest absolute Gasteiger partial charge is 0.338 e. The summed E-state index contributed by atoms with van der Waals surface area (Å²) in [6.45, 7) is 7.97. The Hall–Kier alpha value is -5.74. The van der Waals surface area contributed by atoms with E-state index in [1.54, 1.807) is 92.7 Å². The highest BCUT2D eigenvalue weighted by Gasteiger charge is 2.78. The first-order valence-corrected chi connectivity index (χ1v) is 20.5. The van der Waals surface area contributed by atoms with E-state index in [2.05, 4.69) is 5.32 Å². The zero-order chi connectivity index (χ0) is 44.9. The number of amides is 1. The highest BCUT2D eigenvalue weighted by Crippen LogP contribution is 2.64. The van der Waals surface area contributed by atoms with Crippen molar-refractivity contribution in [1.82, 2.24) is 5.32 Å². The number of Topliss-reactive ketones (excluding diaryl/α,β-unsaturated/α-hetero) is 1. The molecule has 3 aromatic carbocycles. The number of hydrogen-bond donors (Lipinski definition) is 4. The van der Waals surface area contributed by atoms with E-state index >= 15 is 4.79 Å². The number of ketones is 1. The molecule has 4 aliphatic rings. The number of rotatable bonds is 10. The summed E-state index contributed by atoms with van der Waals surface area (Å²) < 4.78 is 30.3. The standard InChI is InChI=1S/C47H51NO14/c1-25-31(60-43(56)36(52)35(28-16-10-7-11-17-28)48-41(54)29-18-12-8-13-19-29)23-47(57)40(61-42(55)30-20-14-9-15-21-30)38-45(6,32(51)22-33-46(38,24-58-33)62-27(3)50)39(53)37(59-26(2)49)34(25)44(47,4)5/h7-21,31-33,35-38,40,51-52,57H,22-24H2,1-6H3,(H,48,54)/t31-,32-,33+,35?,36?,37+,38-,40?,45+,46-,47+/m0/s1. The number of aliphatic hydroxyl groups excluding tert-OH is 2. The van der Waals surface area contributed by atoms with Gasteiger partial charge in [-0.2, -0.15) is 0 Å². The molecule has 328 valence electrons. The van der Waals surface area contributed by atoms with E-state index in [1.807, 2.05) is 0 Å². The highest BCUT2D eigenvalue weighted by molar-refractivity contribution is 5.96. The van der Waals surface area contributed by atoms with Gasteiger partial charge in [-0.25, -0.2) is 9.59 Å². The summed E-state index contributed by atoms with van der Waals surface area (Å²) in [6, 6.07) is 22.9. The molecule has 11 atom stereocenters. The third-order valence-electron chi connectivity index (χ3n) is 13.5. The molecule has 1 aliphatic heterocycles. The van der Waals surface area contributed by atoms with Crippen LogP contribution in [0.3, 0.4) is 0 Å². The number of hydrogen-bond acceptors (Lipinski definition) is 14. The molecule has 3 aromatic rings. The van der Waals surface area contributed by atoms with Crippen molar-refractivity contribution in [3.63, 3.8) is 0 Å². The minimum atomic E-state index is -2.39. The first-order chi connectivity index (χ1) is 29.3. The molecular formula is C47H51NO14. The van der Waals surface area contributed by atoms with E-state index in [0.29, 0.717) is 5.56 Å². The molecule has 2 bridgehead atoms. The van der Waals surface area contributed by atoms with Crippen molar-refractivity contribution in [3.05, 3.63) is 119 Å². The fourth-order valence-electron chi connectivity index (χ4n) is 10.2. The second kappa shape index (κ2) is 16.5. The summed E-state index contributed by atoms with van der Waals surface area (Å²) in [6.07, 6.45) is -10.5. The third-order valence-corrected chi connectivity index (χ3v) is 13.5. The molecule has 3 unspecified atom stereocenters. The molecule has 0 radical (unpaired) electrons. The third kappa shape index (κ3) is 7.29. The Morgan fingerprint density at radius 1 is 0.823 bits per heavy atom. The molecule has 15 nitrogen and oxygen atoms in total. The van der Waals surface area contributed by atoms with Crippen molar-refractivity contribution in [2.75, 3.05) is 6.61 Å². The number of nitrogens with one attached hydrogen (secondary N) is 1. The second-order valence-electron chi connectivity index (χ2n) is 17.4. The lowest BCUT2D eigenvalue weighted by Crippen LogP contribution is -2.82. The summed E-state index contributed by atoms with van der Waals surface area (Å²) in [5.41, 5.74) is -7.02. The molecule has 1 saturated heterocycles. The maximum Gasteiger partial charge on any atom is 0.338 e. The molecule has 1 amide bonds. The molecule has 4 N–H and O–H groups in total. The van der Waals surface area contributed by atoms with Crippen LogP contribution < -0.4 is 5.32 Å². The lowest BCUT2D eigenvalue weighted by Gasteiger charge is -2.67. The SMILES string of the molecule is CC(=O)O[C@H]1C(=O)[C@@]2(C)[C@H](C(OC(=O)c3ccccc3)[C@]3(O)C[C@H](OC(=O)C(O)C(NC(=O)c4ccccc4)c4ccccc4)C(C)=C1C3(C)C)[C@]1(OC(C)=O)CO[C@@H]1C[C@@H]2O. The van der Waals surface area contributed by atoms with E-state index in [4.69, 9.17) is 23.7 Å². The van der Waals surface area contributed by atoms with Crippen LogP contribution in [-0.4, -0.2) is 105 Å². The van der Waals surface area contributed by atoms with Gasteiger partial charge in [0.15, 0.2) is 23.6 Å². The Morgan fingerprint density at radius 3 is 1.95 bits per heavy atom. The molecule has 7 rings (SSSR count). The van der Waals surface area contributed by atoms with Gasteiger partial charge in [-0.05, 0) is 54.8 Å². The molecule has 0 aromatic heterocycles. The van der Waals surface area contributed by atoms with E-state index in [1.165, 1.54) is 26.0 Å². The Morgan fingerprint density at radius 2 is 1.40 bits per heavy atom. The van der Waals surface area contributed by atoms with Gasteiger partial charge in [0.1, 0.15) is 23.9 Å². The maximum absolute atomic E-state index is 15.5. The first kappa shape index (κ1) is 44.3. The van der Waals surface area contributed by atoms with E-state index in [-0.39, 0.29) is 35.3 Å². The maximum atomic E-state index is 15.5. The monoisotopic (exact) mass is 853 g/mol. The van der Waals surface area contributed by atoms with Crippen LogP contribution in [0.15, 0.2) is 102 Å². The van der Waals surface area contributed by atoms with Crippen LogP contribution in [-0.2, 0) is 42.9 Å². The summed E-state index contributed by atoms with van der Waals surface area (Å²) >= 11 is 0. The lowest BCUT2D eigenvalue weighted by molar-refractivity contribution is -0.346. The van der Waals surface area contributed by atoms with Gasteiger partial charge in [0.2, 0.25) is 0 Å². The summed E-state index contributed by atoms with van der Waals surface area (Å²) in [5.74, 6) is -6.84. The van der Waals surface area contributed by atoms with Crippen LogP contribution >= 0.6 is 0 Å². The first-order valence-electron chi connectivity index (χ1n) is 20.5. The van der Waals surface area contributed by atoms with Crippen molar-refractivity contribution in [2.24, 2.45) is 16.7 Å². The van der Waals surface area contributed by atoms with Crippen molar-refractivity contribution in [3.8, 4) is 0 Å². The van der Waals surface area contributed by atoms with Crippen molar-refractivity contribution < 1.29 is 67.8 Å². The average Bonchev–Trinajstić information content (AvgIpc) is 3.24. The average molecular weight is 854 g/mol. The molecule has 2 saturated carbocycles. The van der Waals surface area contributed by atoms with E-state index in [9.17, 15) is 39.3 Å². The fraction of sp³-hybridized carbons (Fsp3) is 0.447. The van der Waals surface area contributed by atoms with Gasteiger partial charge >= 0.3 is 23.9 Å². The predicted molar refractivity (Wildman–Crippen MR) is 218 cm³/mol. The van der Waals surface area contributed by atoms with Crippen LogP contribution in [0.1, 0.15) is 86.7 Å². The Labute approximate surface area is 358 Å². The predicted octanol–water partition coefficient (Wildman–Crippen LogP) is 3.74. The number of benzene rings is 3. The number of carbonyl (C=O) groups is 6. The molecule has 0 spiro atoms. The quantitative estimate of drug-likeness (QED) is 0.130. The number of carbonyl (C=O) groups excluding carboxylic acids is 6. The normalized spacial score (nSPS) is 31.9. The molecule has 62 heavy (non-hydrogen) atoms. The highest BCUT2D eigenvalue weighted by atomic mass is 16.6. The van der Waals surface area contributed by atoms with Crippen LogP contribution in [0.25, 0.3) is 0 Å². The van der Waals surface area contributed by atoms with E-state index in [0.717, 1.165) is 13.8 Å². The van der Waals surface area contributed by atoms with Gasteiger partial charge in [0, 0.05) is 37.7 Å². The number of aliphatic hydroxyl groups is 3. The molecule has 3 fully saturated rings. The lowest BCUT2D eigenvalue weighted by atomic mass is 9.44. The fourth-order valence-corrected chi connectivity index (χ4v) is 10.2. The van der Waals surface area contributed by atoms with Crippen LogP contribution in [0.5, 0.6) is 0 Å². The molecule has 15 heteroatoms. The van der Waals surface area contributed by atoms with Crippen molar-refractivity contribution in [2.45, 2.75) is 108 Å². The van der Waals surface area contributed by atoms with Crippen LogP contribution in [0.2, 0.25) is 0 Å². The van der Waals surface area contributed by atoms with Crippen LogP contribution in [0.4, 0.5) is 0 Å². The minimum Gasteiger partial charge on any atom is -0.456 e. The summed E-state index contributed by atoms with van der Waals surface area (Å²) in [5, 5.41) is 40.2. The molecular weight excluding hydrogens is 803 g/mol. The second-order valence-corrected chi connectivity index (χ2v) is 17.4. The number of esters is 4. The zero-order valence-corrected chi connectivity index (χ0v) is 35.2. The van der Waals surface area contributed by atoms with Crippen molar-refractivity contribution in [1.29, 1.82) is 0 Å². The molecule has 1 heterocycles. The largest absolute Gasteiger partial charge is 0.456 e. The number of ether oxygens (including phenoxy) is 5. The summed E-state index contributed by atoms with van der Waals surface area (Å²) in [4.78, 5) is 83.5. The molecule has 3 aliphatic carbocycles. The van der Waals surface area contributed by atoms with Gasteiger partial charge < -0.3 is 44.3 Å². The number of fused-ring (bicyclic) bond motifs is 5. The minimum absolute atomic E-state index is 0.00289. The van der Waals surface area contributed by atoms with Crippen molar-refractivity contribution >= 4 is 35.6 Å². The topological polar surface area (TPSA) is 221 Å². The van der Waals surface area contributed by atoms with Gasteiger partial charge in [-0.3, -0.25) is 19.2 Å². The summed E-state index contributed by atoms with van der Waals surface area (Å²) in [7, 11) is 0. The Balaban J connectivity index is 1.39. The van der Waals surface area contributed by atoms with Gasteiger partial charge in [0.25, 0.3) is 5.91 Å². The Kier molecular flexibility index (Phi) is 11.8. The zero-order valence-electron chi connectivity index (χ0n) is 35.2. The van der Waals surface area contributed by atoms with Gasteiger partial charge in [0.05, 0.1) is 35.6 Å². The Bertz CT molecular complexity index is 2280. The van der Waals surface area contributed by atoms with Gasteiger partial charge in [-0.1, -0.05) is 80.6 Å². The van der Waals surface area contributed by atoms with E-state index < -0.39 is 113 Å². The van der Waals surface area contributed by atoms with Gasteiger partial charge in [-0.15, -0.1) is 0 Å².